The molecular weight excluding hydrogens is 353 g/mol. The van der Waals surface area contributed by atoms with E-state index in [1.165, 1.54) is 0 Å². The predicted octanol–water partition coefficient (Wildman–Crippen LogP) is 2.42. The number of benzene rings is 1. The lowest BCUT2D eigenvalue weighted by Crippen LogP contribution is -2.45. The molecule has 1 fully saturated rings. The highest BCUT2D eigenvalue weighted by atomic mass is 35.5. The maximum Gasteiger partial charge on any atom is 0.203 e. The molecule has 1 atom stereocenters. The smallest absolute Gasteiger partial charge is 0.203 e. The summed E-state index contributed by atoms with van der Waals surface area (Å²) in [4.78, 5) is 2.31. The minimum absolute atomic E-state index is 0. The number of nitriles is 1. The normalized spacial score (nSPS) is 15.2. The third kappa shape index (κ3) is 4.81. The van der Waals surface area contributed by atoms with Crippen molar-refractivity contribution >= 4 is 24.8 Å². The first-order chi connectivity index (χ1) is 10.8. The first kappa shape index (κ1) is 22.6. The molecule has 6 nitrogen and oxygen atoms in total. The van der Waals surface area contributed by atoms with Gasteiger partial charge in [0.1, 0.15) is 0 Å². The number of methoxy groups -OCH3 is 3. The highest BCUT2D eigenvalue weighted by molar-refractivity contribution is 5.85. The van der Waals surface area contributed by atoms with E-state index in [1.54, 1.807) is 21.3 Å². The third-order valence-corrected chi connectivity index (χ3v) is 3.97. The summed E-state index contributed by atoms with van der Waals surface area (Å²) >= 11 is 0. The molecule has 24 heavy (non-hydrogen) atoms. The van der Waals surface area contributed by atoms with Crippen LogP contribution in [0.1, 0.15) is 18.0 Å². The van der Waals surface area contributed by atoms with Crippen LogP contribution in [0.25, 0.3) is 0 Å². The summed E-state index contributed by atoms with van der Waals surface area (Å²) in [6.07, 6.45) is 0.409. The van der Waals surface area contributed by atoms with Crippen LogP contribution in [0.15, 0.2) is 12.1 Å². The van der Waals surface area contributed by atoms with Gasteiger partial charge < -0.3 is 19.5 Å². The molecular formula is C16H25Cl2N3O3. The van der Waals surface area contributed by atoms with Crippen LogP contribution in [0.5, 0.6) is 17.2 Å². The van der Waals surface area contributed by atoms with Crippen molar-refractivity contribution in [3.63, 3.8) is 0 Å². The molecule has 1 aliphatic rings. The van der Waals surface area contributed by atoms with E-state index in [0.29, 0.717) is 23.7 Å². The van der Waals surface area contributed by atoms with Crippen molar-refractivity contribution in [3.05, 3.63) is 17.7 Å². The average Bonchev–Trinajstić information content (AvgIpc) is 2.59. The Morgan fingerprint density at radius 2 is 1.71 bits per heavy atom. The summed E-state index contributed by atoms with van der Waals surface area (Å²) in [5.74, 6) is 1.83. The van der Waals surface area contributed by atoms with E-state index in [0.717, 1.165) is 31.7 Å². The highest BCUT2D eigenvalue weighted by Crippen LogP contribution is 2.44. The van der Waals surface area contributed by atoms with Gasteiger partial charge in [-0.2, -0.15) is 5.26 Å². The summed E-state index contributed by atoms with van der Waals surface area (Å²) in [7, 11) is 4.80. The lowest BCUT2D eigenvalue weighted by molar-refractivity contribution is 0.172. The molecule has 0 radical (unpaired) electrons. The van der Waals surface area contributed by atoms with Gasteiger partial charge in [-0.1, -0.05) is 0 Å². The van der Waals surface area contributed by atoms with Crippen LogP contribution in [-0.4, -0.2) is 52.4 Å². The summed E-state index contributed by atoms with van der Waals surface area (Å²) < 4.78 is 16.3. The average molecular weight is 378 g/mol. The number of rotatable bonds is 6. The molecule has 0 unspecified atom stereocenters. The van der Waals surface area contributed by atoms with Gasteiger partial charge in [0, 0.05) is 31.7 Å². The van der Waals surface area contributed by atoms with Gasteiger partial charge >= 0.3 is 0 Å². The fourth-order valence-corrected chi connectivity index (χ4v) is 2.90. The van der Waals surface area contributed by atoms with E-state index < -0.39 is 0 Å². The number of nitrogens with one attached hydrogen (secondary N) is 1. The minimum atomic E-state index is -0.0122. The van der Waals surface area contributed by atoms with Crippen LogP contribution in [0, 0.1) is 11.3 Å². The Kier molecular flexibility index (Phi) is 10.6. The largest absolute Gasteiger partial charge is 0.493 e. The zero-order valence-corrected chi connectivity index (χ0v) is 15.8. The lowest BCUT2D eigenvalue weighted by Gasteiger charge is -2.35. The molecule has 1 saturated heterocycles. The second-order valence-corrected chi connectivity index (χ2v) is 5.09. The Morgan fingerprint density at radius 1 is 1.08 bits per heavy atom. The monoisotopic (exact) mass is 377 g/mol. The molecule has 1 heterocycles. The van der Waals surface area contributed by atoms with Crippen LogP contribution < -0.4 is 19.5 Å². The van der Waals surface area contributed by atoms with E-state index in [2.05, 4.69) is 16.3 Å². The van der Waals surface area contributed by atoms with Crippen LogP contribution in [0.2, 0.25) is 0 Å². The molecule has 0 spiro atoms. The third-order valence-electron chi connectivity index (χ3n) is 3.97. The van der Waals surface area contributed by atoms with Gasteiger partial charge in [0.25, 0.3) is 0 Å². The second kappa shape index (κ2) is 11.2. The van der Waals surface area contributed by atoms with Gasteiger partial charge in [-0.15, -0.1) is 24.8 Å². The summed E-state index contributed by atoms with van der Waals surface area (Å²) in [6.45, 7) is 3.67. The fraction of sp³-hybridized carbons (Fsp3) is 0.562. The van der Waals surface area contributed by atoms with Crippen LogP contribution >= 0.6 is 24.8 Å². The highest BCUT2D eigenvalue weighted by Gasteiger charge is 2.27. The Hall–Kier alpha value is -1.39. The second-order valence-electron chi connectivity index (χ2n) is 5.09. The Bertz CT molecular complexity index is 546. The zero-order valence-electron chi connectivity index (χ0n) is 14.2. The van der Waals surface area contributed by atoms with Crippen molar-refractivity contribution in [2.24, 2.45) is 0 Å². The number of hydrogen-bond donors (Lipinski definition) is 1. The van der Waals surface area contributed by atoms with Crippen LogP contribution in [0.4, 0.5) is 0 Å². The maximum atomic E-state index is 9.23. The molecule has 2 rings (SSSR count). The Balaban J connectivity index is 0.00000264. The van der Waals surface area contributed by atoms with E-state index >= 15 is 0 Å². The van der Waals surface area contributed by atoms with Crippen molar-refractivity contribution in [1.29, 1.82) is 5.26 Å². The van der Waals surface area contributed by atoms with Crippen molar-refractivity contribution < 1.29 is 14.2 Å². The summed E-state index contributed by atoms with van der Waals surface area (Å²) in [5.41, 5.74) is 0.962. The number of piperazine rings is 1. The summed E-state index contributed by atoms with van der Waals surface area (Å²) in [5, 5.41) is 12.6. The van der Waals surface area contributed by atoms with Gasteiger partial charge in [-0.3, -0.25) is 4.90 Å². The first-order valence-corrected chi connectivity index (χ1v) is 7.37. The quantitative estimate of drug-likeness (QED) is 0.820. The molecule has 8 heteroatoms. The molecule has 0 saturated carbocycles. The lowest BCUT2D eigenvalue weighted by atomic mass is 9.99. The first-order valence-electron chi connectivity index (χ1n) is 7.37. The summed E-state index contributed by atoms with van der Waals surface area (Å²) in [6, 6.07) is 6.11. The van der Waals surface area contributed by atoms with E-state index in [9.17, 15) is 5.26 Å². The molecule has 1 aliphatic heterocycles. The van der Waals surface area contributed by atoms with E-state index in [-0.39, 0.29) is 30.9 Å². The molecule has 136 valence electrons. The van der Waals surface area contributed by atoms with Crippen molar-refractivity contribution in [3.8, 4) is 23.3 Å². The van der Waals surface area contributed by atoms with Crippen molar-refractivity contribution in [2.75, 3.05) is 47.5 Å². The van der Waals surface area contributed by atoms with Crippen LogP contribution in [-0.2, 0) is 0 Å². The molecule has 1 N–H and O–H groups in total. The van der Waals surface area contributed by atoms with Crippen molar-refractivity contribution in [2.45, 2.75) is 12.5 Å². The number of halogens is 2. The van der Waals surface area contributed by atoms with Gasteiger partial charge in [0.05, 0.1) is 39.9 Å². The topological polar surface area (TPSA) is 66.8 Å². The zero-order chi connectivity index (χ0) is 15.9. The van der Waals surface area contributed by atoms with Crippen molar-refractivity contribution in [1.82, 2.24) is 10.2 Å². The Labute approximate surface area is 155 Å². The van der Waals surface area contributed by atoms with Gasteiger partial charge in [-0.25, -0.2) is 0 Å². The maximum absolute atomic E-state index is 9.23. The number of hydrogen-bond acceptors (Lipinski definition) is 6. The molecule has 0 bridgehead atoms. The predicted molar refractivity (Wildman–Crippen MR) is 98.0 cm³/mol. The van der Waals surface area contributed by atoms with Gasteiger partial charge in [0.2, 0.25) is 5.75 Å². The minimum Gasteiger partial charge on any atom is -0.493 e. The number of ether oxygens (including phenoxy) is 3. The van der Waals surface area contributed by atoms with Gasteiger partial charge in [0.15, 0.2) is 11.5 Å². The molecule has 1 aromatic carbocycles. The fourth-order valence-electron chi connectivity index (χ4n) is 2.90. The molecule has 0 amide bonds. The van der Waals surface area contributed by atoms with Crippen LogP contribution in [0.3, 0.4) is 0 Å². The number of nitrogens with zero attached hydrogens (tertiary/aromatic N) is 2. The van der Waals surface area contributed by atoms with E-state index in [1.807, 2.05) is 12.1 Å². The molecule has 1 aromatic rings. The molecule has 0 aromatic heterocycles. The standard InChI is InChI=1S/C16H23N3O3.2ClH/c1-20-14-5-4-12(15(21-2)16(14)22-3)13(6-7-17)19-10-8-18-9-11-19;;/h4-5,13,18H,6,8-11H2,1-3H3;2*1H/t13-;;/m1../s1. The molecule has 0 aliphatic carbocycles. The van der Waals surface area contributed by atoms with Gasteiger partial charge in [-0.05, 0) is 12.1 Å². The van der Waals surface area contributed by atoms with E-state index in [4.69, 9.17) is 14.2 Å². The Morgan fingerprint density at radius 3 is 2.21 bits per heavy atom. The SMILES string of the molecule is COc1ccc([C@@H](CC#N)N2CCNCC2)c(OC)c1OC.Cl.Cl.